The molecule has 2 aromatic heterocycles. The summed E-state index contributed by atoms with van der Waals surface area (Å²) in [6.07, 6.45) is 4.98. The van der Waals surface area contributed by atoms with Crippen LogP contribution in [0.4, 0.5) is 11.5 Å². The molecule has 2 aromatic rings. The van der Waals surface area contributed by atoms with Gasteiger partial charge in [-0.2, -0.15) is 5.10 Å². The monoisotopic (exact) mass is 342 g/mol. The summed E-state index contributed by atoms with van der Waals surface area (Å²) in [6, 6.07) is 7.39. The van der Waals surface area contributed by atoms with E-state index in [0.717, 1.165) is 12.4 Å². The highest BCUT2D eigenvalue weighted by Gasteiger charge is 2.23. The third-order valence-corrected chi connectivity index (χ3v) is 3.96. The van der Waals surface area contributed by atoms with Gasteiger partial charge in [-0.1, -0.05) is 0 Å². The van der Waals surface area contributed by atoms with Crippen molar-refractivity contribution in [2.75, 3.05) is 50.1 Å². The number of amides is 1. The lowest BCUT2D eigenvalue weighted by molar-refractivity contribution is -0.119. The van der Waals surface area contributed by atoms with E-state index in [1.54, 1.807) is 24.7 Å². The zero-order valence-electron chi connectivity index (χ0n) is 14.2. The fourth-order valence-electron chi connectivity index (χ4n) is 2.77. The molecule has 0 aliphatic carbocycles. The molecule has 8 heteroatoms. The van der Waals surface area contributed by atoms with E-state index in [1.807, 2.05) is 30.1 Å². The molecular weight excluding hydrogens is 320 g/mol. The Labute approximate surface area is 146 Å². The first-order valence-electron chi connectivity index (χ1n) is 8.23. The number of nitrogens with zero attached hydrogens (tertiary/aromatic N) is 5. The summed E-state index contributed by atoms with van der Waals surface area (Å²) in [4.78, 5) is 20.3. The van der Waals surface area contributed by atoms with Crippen LogP contribution in [0.3, 0.4) is 0 Å². The summed E-state index contributed by atoms with van der Waals surface area (Å²) in [5.41, 5.74) is 0.708. The predicted molar refractivity (Wildman–Crippen MR) is 94.3 cm³/mol. The Morgan fingerprint density at radius 3 is 3.04 bits per heavy atom. The van der Waals surface area contributed by atoms with Crippen molar-refractivity contribution in [2.45, 2.75) is 6.10 Å². The Bertz CT molecular complexity index is 669. The van der Waals surface area contributed by atoms with Crippen molar-refractivity contribution in [1.82, 2.24) is 20.1 Å². The molecule has 1 saturated heterocycles. The normalized spacial score (nSPS) is 17.9. The molecule has 0 saturated carbocycles. The smallest absolute Gasteiger partial charge is 0.238 e. The van der Waals surface area contributed by atoms with Crippen LogP contribution in [0.5, 0.6) is 0 Å². The van der Waals surface area contributed by atoms with E-state index in [0.29, 0.717) is 31.9 Å². The van der Waals surface area contributed by atoms with Gasteiger partial charge in [0.05, 0.1) is 31.1 Å². The van der Waals surface area contributed by atoms with Gasteiger partial charge in [-0.15, -0.1) is 5.10 Å². The Morgan fingerprint density at radius 2 is 2.28 bits per heavy atom. The number of carbonyl (C=O) groups is 1. The summed E-state index contributed by atoms with van der Waals surface area (Å²) >= 11 is 0. The van der Waals surface area contributed by atoms with E-state index in [4.69, 9.17) is 4.74 Å². The molecule has 132 valence electrons. The number of hydrogen-bond acceptors (Lipinski definition) is 7. The molecule has 1 N–H and O–H groups in total. The van der Waals surface area contributed by atoms with Crippen LogP contribution in [-0.2, 0) is 9.53 Å². The lowest BCUT2D eigenvalue weighted by Crippen LogP contribution is -2.49. The van der Waals surface area contributed by atoms with Crippen molar-refractivity contribution in [2.24, 2.45) is 0 Å². The molecule has 0 radical (unpaired) electrons. The summed E-state index contributed by atoms with van der Waals surface area (Å²) in [5, 5.41) is 10.8. The van der Waals surface area contributed by atoms with Crippen LogP contribution in [0.1, 0.15) is 0 Å². The minimum atomic E-state index is -0.0454. The van der Waals surface area contributed by atoms with Crippen molar-refractivity contribution in [1.29, 1.82) is 0 Å². The maximum Gasteiger partial charge on any atom is 0.238 e. The number of ether oxygens (including phenoxy) is 1. The highest BCUT2D eigenvalue weighted by molar-refractivity contribution is 5.92. The second-order valence-electron chi connectivity index (χ2n) is 5.98. The molecule has 1 aliphatic heterocycles. The standard InChI is InChI=1S/C17H22N6O2/c1-22(16-5-3-7-19-21-16)11-15-12-23(8-9-25-15)13-17(24)20-14-4-2-6-18-10-14/h2-7,10,15H,8-9,11-13H2,1H3,(H,20,24)/t15-/m1/s1. The molecule has 1 amide bonds. The molecule has 0 spiro atoms. The molecular formula is C17H22N6O2. The maximum atomic E-state index is 12.2. The number of rotatable bonds is 6. The lowest BCUT2D eigenvalue weighted by Gasteiger charge is -2.34. The van der Waals surface area contributed by atoms with Crippen LogP contribution in [-0.4, -0.2) is 71.9 Å². The number of morpholine rings is 1. The second kappa shape index (κ2) is 8.50. The fraction of sp³-hybridized carbons (Fsp3) is 0.412. The average Bonchev–Trinajstić information content (AvgIpc) is 2.63. The number of anilines is 2. The van der Waals surface area contributed by atoms with Crippen molar-refractivity contribution >= 4 is 17.4 Å². The molecule has 8 nitrogen and oxygen atoms in total. The number of pyridine rings is 1. The van der Waals surface area contributed by atoms with Gasteiger partial charge >= 0.3 is 0 Å². The number of hydrogen-bond donors (Lipinski definition) is 1. The quantitative estimate of drug-likeness (QED) is 0.825. The Kier molecular flexibility index (Phi) is 5.86. The minimum absolute atomic E-state index is 0.0203. The van der Waals surface area contributed by atoms with Crippen LogP contribution in [0.2, 0.25) is 0 Å². The molecule has 1 fully saturated rings. The highest BCUT2D eigenvalue weighted by atomic mass is 16.5. The number of nitrogens with one attached hydrogen (secondary N) is 1. The van der Waals surface area contributed by atoms with Gasteiger partial charge in [-0.25, -0.2) is 0 Å². The van der Waals surface area contributed by atoms with E-state index >= 15 is 0 Å². The molecule has 3 rings (SSSR count). The third-order valence-electron chi connectivity index (χ3n) is 3.96. The summed E-state index contributed by atoms with van der Waals surface area (Å²) in [7, 11) is 1.96. The van der Waals surface area contributed by atoms with Crippen LogP contribution >= 0.6 is 0 Å². The zero-order valence-corrected chi connectivity index (χ0v) is 14.2. The predicted octanol–water partition coefficient (Wildman–Crippen LogP) is 0.647. The number of aromatic nitrogens is 3. The molecule has 1 atom stereocenters. The van der Waals surface area contributed by atoms with Gasteiger partial charge in [0, 0.05) is 39.1 Å². The zero-order chi connectivity index (χ0) is 17.5. The number of likely N-dealkylation sites (N-methyl/N-ethyl adjacent to an activating group) is 1. The van der Waals surface area contributed by atoms with Crippen molar-refractivity contribution in [3.05, 3.63) is 42.9 Å². The van der Waals surface area contributed by atoms with E-state index in [-0.39, 0.29) is 12.0 Å². The summed E-state index contributed by atoms with van der Waals surface area (Å²) in [5.74, 6) is 0.758. The van der Waals surface area contributed by atoms with Crippen molar-refractivity contribution < 1.29 is 9.53 Å². The lowest BCUT2D eigenvalue weighted by atomic mass is 10.2. The summed E-state index contributed by atoms with van der Waals surface area (Å²) < 4.78 is 5.83. The van der Waals surface area contributed by atoms with Gasteiger partial charge < -0.3 is 15.0 Å². The SMILES string of the molecule is CN(C[C@@H]1CN(CC(=O)Nc2cccnc2)CCO1)c1cccnn1. The van der Waals surface area contributed by atoms with E-state index in [2.05, 4.69) is 25.4 Å². The minimum Gasteiger partial charge on any atom is -0.374 e. The van der Waals surface area contributed by atoms with E-state index in [9.17, 15) is 4.79 Å². The highest BCUT2D eigenvalue weighted by Crippen LogP contribution is 2.11. The Morgan fingerprint density at radius 1 is 1.40 bits per heavy atom. The number of carbonyl (C=O) groups excluding carboxylic acids is 1. The fourth-order valence-corrected chi connectivity index (χ4v) is 2.77. The first-order chi connectivity index (χ1) is 12.2. The van der Waals surface area contributed by atoms with Crippen LogP contribution in [0.15, 0.2) is 42.9 Å². The molecule has 25 heavy (non-hydrogen) atoms. The van der Waals surface area contributed by atoms with Gasteiger partial charge in [0.25, 0.3) is 0 Å². The molecule has 1 aliphatic rings. The van der Waals surface area contributed by atoms with Crippen molar-refractivity contribution in [3.63, 3.8) is 0 Å². The molecule has 0 unspecified atom stereocenters. The molecule has 3 heterocycles. The first-order valence-corrected chi connectivity index (χ1v) is 8.23. The van der Waals surface area contributed by atoms with Crippen LogP contribution in [0, 0.1) is 0 Å². The van der Waals surface area contributed by atoms with Gasteiger partial charge in [0.1, 0.15) is 0 Å². The third kappa shape index (κ3) is 5.20. The van der Waals surface area contributed by atoms with Gasteiger partial charge in [-0.3, -0.25) is 14.7 Å². The maximum absolute atomic E-state index is 12.2. The van der Waals surface area contributed by atoms with Crippen LogP contribution in [0.25, 0.3) is 0 Å². The van der Waals surface area contributed by atoms with Gasteiger partial charge in [0.2, 0.25) is 5.91 Å². The first kappa shape index (κ1) is 17.2. The van der Waals surface area contributed by atoms with E-state index in [1.165, 1.54) is 0 Å². The van der Waals surface area contributed by atoms with E-state index < -0.39 is 0 Å². The van der Waals surface area contributed by atoms with Crippen molar-refractivity contribution in [3.8, 4) is 0 Å². The van der Waals surface area contributed by atoms with Crippen LogP contribution < -0.4 is 10.2 Å². The Balaban J connectivity index is 1.48. The average molecular weight is 342 g/mol. The summed E-state index contributed by atoms with van der Waals surface area (Å²) in [6.45, 7) is 3.08. The second-order valence-corrected chi connectivity index (χ2v) is 5.98. The van der Waals surface area contributed by atoms with Gasteiger partial charge in [-0.05, 0) is 24.3 Å². The molecule has 0 bridgehead atoms. The molecule has 0 aromatic carbocycles. The Hall–Kier alpha value is -2.58. The largest absolute Gasteiger partial charge is 0.374 e. The topological polar surface area (TPSA) is 83.5 Å². The van der Waals surface area contributed by atoms with Gasteiger partial charge in [0.15, 0.2) is 5.82 Å².